The van der Waals surface area contributed by atoms with Crippen molar-refractivity contribution in [3.05, 3.63) is 10.1 Å². The highest BCUT2D eigenvalue weighted by Crippen LogP contribution is 2.13. The molecule has 0 aromatic heterocycles. The van der Waals surface area contributed by atoms with Crippen molar-refractivity contribution in [2.75, 3.05) is 26.2 Å². The van der Waals surface area contributed by atoms with E-state index < -0.39 is 5.09 Å². The molecule has 1 aliphatic heterocycles. The Morgan fingerprint density at radius 2 is 2.14 bits per heavy atom. The lowest BCUT2D eigenvalue weighted by atomic mass is 10.1. The molecule has 0 radical (unpaired) electrons. The molecule has 82 valence electrons. The van der Waals surface area contributed by atoms with Crippen LogP contribution in [0.3, 0.4) is 0 Å². The number of nitrogens with zero attached hydrogens (tertiary/aromatic N) is 2. The van der Waals surface area contributed by atoms with E-state index >= 15 is 0 Å². The SMILES string of the molecule is O=[N+]([O-])OC1CCN(CCCO)CC1. The molecule has 0 aliphatic carbocycles. The lowest BCUT2D eigenvalue weighted by molar-refractivity contribution is -0.769. The number of hydrogen-bond donors (Lipinski definition) is 1. The second-order valence-corrected chi connectivity index (χ2v) is 3.45. The van der Waals surface area contributed by atoms with Crippen molar-refractivity contribution in [2.24, 2.45) is 0 Å². The number of piperidine rings is 1. The van der Waals surface area contributed by atoms with Gasteiger partial charge in [0.05, 0.1) is 0 Å². The Kier molecular flexibility index (Phi) is 4.61. The van der Waals surface area contributed by atoms with Crippen LogP contribution in [-0.2, 0) is 4.84 Å². The summed E-state index contributed by atoms with van der Waals surface area (Å²) >= 11 is 0. The molecule has 1 rings (SSSR count). The molecule has 1 aliphatic rings. The maximum Gasteiger partial charge on any atom is 0.294 e. The smallest absolute Gasteiger partial charge is 0.294 e. The average molecular weight is 204 g/mol. The molecule has 0 unspecified atom stereocenters. The fraction of sp³-hybridized carbons (Fsp3) is 1.00. The third-order valence-corrected chi connectivity index (χ3v) is 2.40. The number of hydrogen-bond acceptors (Lipinski definition) is 5. The van der Waals surface area contributed by atoms with Crippen LogP contribution in [0.1, 0.15) is 19.3 Å². The van der Waals surface area contributed by atoms with Gasteiger partial charge in [-0.2, -0.15) is 0 Å². The summed E-state index contributed by atoms with van der Waals surface area (Å²) < 4.78 is 0. The van der Waals surface area contributed by atoms with Gasteiger partial charge in [-0.15, -0.1) is 10.1 Å². The van der Waals surface area contributed by atoms with Crippen molar-refractivity contribution in [1.82, 2.24) is 4.90 Å². The molecule has 0 atom stereocenters. The summed E-state index contributed by atoms with van der Waals surface area (Å²) in [4.78, 5) is 16.7. The van der Waals surface area contributed by atoms with Crippen LogP contribution in [-0.4, -0.2) is 47.4 Å². The van der Waals surface area contributed by atoms with Crippen molar-refractivity contribution in [3.8, 4) is 0 Å². The number of aliphatic hydroxyl groups is 1. The number of likely N-dealkylation sites (tertiary alicyclic amines) is 1. The Morgan fingerprint density at radius 1 is 1.50 bits per heavy atom. The fourth-order valence-electron chi connectivity index (χ4n) is 1.65. The van der Waals surface area contributed by atoms with E-state index in [2.05, 4.69) is 9.74 Å². The van der Waals surface area contributed by atoms with Crippen LogP contribution in [0.4, 0.5) is 0 Å². The molecule has 1 saturated heterocycles. The highest BCUT2D eigenvalue weighted by Gasteiger charge is 2.21. The van der Waals surface area contributed by atoms with E-state index in [9.17, 15) is 10.1 Å². The Labute approximate surface area is 82.6 Å². The van der Waals surface area contributed by atoms with Crippen LogP contribution in [0, 0.1) is 10.1 Å². The highest BCUT2D eigenvalue weighted by molar-refractivity contribution is 4.71. The lowest BCUT2D eigenvalue weighted by Gasteiger charge is -2.30. The Bertz CT molecular complexity index is 180. The molecule has 0 saturated carbocycles. The third kappa shape index (κ3) is 3.89. The third-order valence-electron chi connectivity index (χ3n) is 2.40. The molecule has 1 N–H and O–H groups in total. The normalized spacial score (nSPS) is 19.5. The molecule has 1 heterocycles. The minimum Gasteiger partial charge on any atom is -0.396 e. The molecule has 0 spiro atoms. The van der Waals surface area contributed by atoms with Crippen molar-refractivity contribution in [1.29, 1.82) is 0 Å². The van der Waals surface area contributed by atoms with E-state index in [1.165, 1.54) is 0 Å². The summed E-state index contributed by atoms with van der Waals surface area (Å²) in [5, 5.41) is 18.0. The second kappa shape index (κ2) is 5.77. The predicted octanol–water partition coefficient (Wildman–Crippen LogP) is 0.0415. The Balaban J connectivity index is 2.14. The summed E-state index contributed by atoms with van der Waals surface area (Å²) in [6.07, 6.45) is 1.93. The zero-order valence-corrected chi connectivity index (χ0v) is 8.09. The van der Waals surface area contributed by atoms with Gasteiger partial charge >= 0.3 is 0 Å². The number of aliphatic hydroxyl groups excluding tert-OH is 1. The van der Waals surface area contributed by atoms with Crippen molar-refractivity contribution in [3.63, 3.8) is 0 Å². The van der Waals surface area contributed by atoms with Crippen molar-refractivity contribution < 1.29 is 15.0 Å². The van der Waals surface area contributed by atoms with Gasteiger partial charge in [-0.3, -0.25) is 0 Å². The summed E-state index contributed by atoms with van der Waals surface area (Å²) in [5.41, 5.74) is 0. The molecular formula is C8H16N2O4. The van der Waals surface area contributed by atoms with E-state index in [-0.39, 0.29) is 12.7 Å². The van der Waals surface area contributed by atoms with Gasteiger partial charge < -0.3 is 14.8 Å². The zero-order valence-electron chi connectivity index (χ0n) is 8.09. The van der Waals surface area contributed by atoms with Crippen molar-refractivity contribution >= 4 is 0 Å². The van der Waals surface area contributed by atoms with E-state index in [4.69, 9.17) is 5.11 Å². The van der Waals surface area contributed by atoms with Crippen LogP contribution in [0.5, 0.6) is 0 Å². The van der Waals surface area contributed by atoms with Gasteiger partial charge in [-0.05, 0) is 19.3 Å². The minimum absolute atomic E-state index is 0.200. The fourth-order valence-corrected chi connectivity index (χ4v) is 1.65. The molecular weight excluding hydrogens is 188 g/mol. The highest BCUT2D eigenvalue weighted by atomic mass is 17.0. The van der Waals surface area contributed by atoms with Gasteiger partial charge in [0.1, 0.15) is 6.10 Å². The summed E-state index contributed by atoms with van der Waals surface area (Å²) in [5.74, 6) is 0. The van der Waals surface area contributed by atoms with Crippen LogP contribution in [0.25, 0.3) is 0 Å². The van der Waals surface area contributed by atoms with Gasteiger partial charge in [0.2, 0.25) is 0 Å². The van der Waals surface area contributed by atoms with Gasteiger partial charge in [0, 0.05) is 26.2 Å². The molecule has 6 nitrogen and oxygen atoms in total. The lowest BCUT2D eigenvalue weighted by Crippen LogP contribution is -2.38. The van der Waals surface area contributed by atoms with Gasteiger partial charge in [0.25, 0.3) is 5.09 Å². The molecule has 14 heavy (non-hydrogen) atoms. The molecule has 0 bridgehead atoms. The van der Waals surface area contributed by atoms with Gasteiger partial charge in [-0.1, -0.05) is 0 Å². The standard InChI is InChI=1S/C8H16N2O4/c11-7-1-4-9-5-2-8(3-6-9)14-10(12)13/h8,11H,1-7H2. The molecule has 1 fully saturated rings. The zero-order chi connectivity index (χ0) is 10.4. The van der Waals surface area contributed by atoms with Crippen LogP contribution >= 0.6 is 0 Å². The minimum atomic E-state index is -0.714. The predicted molar refractivity (Wildman–Crippen MR) is 49.2 cm³/mol. The first-order chi connectivity index (χ1) is 6.72. The van der Waals surface area contributed by atoms with E-state index in [1.807, 2.05) is 0 Å². The Morgan fingerprint density at radius 3 is 2.64 bits per heavy atom. The first-order valence-corrected chi connectivity index (χ1v) is 4.86. The molecule has 0 aromatic carbocycles. The van der Waals surface area contributed by atoms with E-state index in [1.54, 1.807) is 0 Å². The quantitative estimate of drug-likeness (QED) is 0.505. The van der Waals surface area contributed by atoms with Crippen LogP contribution < -0.4 is 0 Å². The van der Waals surface area contributed by atoms with Crippen molar-refractivity contribution in [2.45, 2.75) is 25.4 Å². The molecule has 0 aromatic rings. The van der Waals surface area contributed by atoms with Gasteiger partial charge in [-0.25, -0.2) is 0 Å². The van der Waals surface area contributed by atoms with Gasteiger partial charge in [0.15, 0.2) is 0 Å². The van der Waals surface area contributed by atoms with Crippen LogP contribution in [0.2, 0.25) is 0 Å². The summed E-state index contributed by atoms with van der Waals surface area (Å²) in [6.45, 7) is 2.70. The largest absolute Gasteiger partial charge is 0.396 e. The molecule has 0 amide bonds. The summed E-state index contributed by atoms with van der Waals surface area (Å²) in [7, 11) is 0. The maximum absolute atomic E-state index is 10.1. The first-order valence-electron chi connectivity index (χ1n) is 4.86. The van der Waals surface area contributed by atoms with E-state index in [0.29, 0.717) is 12.8 Å². The monoisotopic (exact) mass is 204 g/mol. The molecule has 6 heteroatoms. The topological polar surface area (TPSA) is 75.8 Å². The van der Waals surface area contributed by atoms with Crippen LogP contribution in [0.15, 0.2) is 0 Å². The second-order valence-electron chi connectivity index (χ2n) is 3.45. The maximum atomic E-state index is 10.1. The number of rotatable bonds is 5. The summed E-state index contributed by atoms with van der Waals surface area (Å²) in [6, 6.07) is 0. The Hall–Kier alpha value is -0.880. The first kappa shape index (κ1) is 11.2. The average Bonchev–Trinajstić information content (AvgIpc) is 2.16. The van der Waals surface area contributed by atoms with E-state index in [0.717, 1.165) is 26.1 Å².